The maximum atomic E-state index is 11.1. The monoisotopic (exact) mass is 444 g/mol. The Bertz CT molecular complexity index is 1240. The molecule has 0 unspecified atom stereocenters. The Hall–Kier alpha value is -3.78. The number of hydrogen-bond acceptors (Lipinski definition) is 6. The van der Waals surface area contributed by atoms with Crippen molar-refractivity contribution in [1.29, 1.82) is 0 Å². The average molecular weight is 445 g/mol. The highest BCUT2D eigenvalue weighted by Crippen LogP contribution is 2.24. The van der Waals surface area contributed by atoms with E-state index in [-0.39, 0.29) is 11.4 Å². The van der Waals surface area contributed by atoms with Crippen LogP contribution in [0.3, 0.4) is 0 Å². The van der Waals surface area contributed by atoms with E-state index < -0.39 is 5.91 Å². The minimum atomic E-state index is -0.587. The van der Waals surface area contributed by atoms with Crippen molar-refractivity contribution in [3.8, 4) is 11.1 Å². The van der Waals surface area contributed by atoms with Crippen LogP contribution in [0.25, 0.3) is 22.0 Å². The van der Waals surface area contributed by atoms with E-state index in [2.05, 4.69) is 39.3 Å². The van der Waals surface area contributed by atoms with Crippen LogP contribution in [0.2, 0.25) is 0 Å². The van der Waals surface area contributed by atoms with Gasteiger partial charge in [-0.1, -0.05) is 37.1 Å². The van der Waals surface area contributed by atoms with Crippen molar-refractivity contribution >= 4 is 22.6 Å². The second-order valence-electron chi connectivity index (χ2n) is 8.13. The zero-order valence-electron chi connectivity index (χ0n) is 18.6. The van der Waals surface area contributed by atoms with Gasteiger partial charge in [-0.15, -0.1) is 0 Å². The lowest BCUT2D eigenvalue weighted by molar-refractivity contribution is 0.0462. The number of pyridine rings is 2. The molecular formula is C25H28N6O2. The van der Waals surface area contributed by atoms with Crippen molar-refractivity contribution < 1.29 is 9.53 Å². The van der Waals surface area contributed by atoms with E-state index in [0.29, 0.717) is 12.7 Å². The van der Waals surface area contributed by atoms with Gasteiger partial charge in [-0.3, -0.25) is 14.5 Å². The number of amides is 1. The molecule has 8 heteroatoms. The Morgan fingerprint density at radius 2 is 1.91 bits per heavy atom. The maximum Gasteiger partial charge on any atom is 0.252 e. The number of rotatable bonds is 5. The van der Waals surface area contributed by atoms with Gasteiger partial charge in [0, 0.05) is 47.7 Å². The summed E-state index contributed by atoms with van der Waals surface area (Å²) in [6, 6.07) is 12.0. The highest BCUT2D eigenvalue weighted by atomic mass is 16.5. The fourth-order valence-corrected chi connectivity index (χ4v) is 3.95. The smallest absolute Gasteiger partial charge is 0.252 e. The number of nitrogen functional groups attached to an aromatic ring is 1. The van der Waals surface area contributed by atoms with Crippen LogP contribution < -0.4 is 11.5 Å². The van der Waals surface area contributed by atoms with Crippen LogP contribution in [-0.4, -0.2) is 31.8 Å². The van der Waals surface area contributed by atoms with Gasteiger partial charge in [-0.2, -0.15) is 5.10 Å². The van der Waals surface area contributed by atoms with Crippen LogP contribution in [0, 0.1) is 0 Å². The molecule has 5 rings (SSSR count). The summed E-state index contributed by atoms with van der Waals surface area (Å²) in [4.78, 5) is 19.5. The molecule has 8 nitrogen and oxygen atoms in total. The number of nitrogens with zero attached hydrogens (tertiary/aromatic N) is 4. The summed E-state index contributed by atoms with van der Waals surface area (Å²) in [6.07, 6.45) is 12.5. The zero-order chi connectivity index (χ0) is 23.2. The number of ether oxygens (including phenoxy) is 1. The third-order valence-electron chi connectivity index (χ3n) is 5.72. The summed E-state index contributed by atoms with van der Waals surface area (Å²) in [5, 5.41) is 5.23. The van der Waals surface area contributed by atoms with E-state index in [1.165, 1.54) is 36.6 Å². The van der Waals surface area contributed by atoms with Gasteiger partial charge in [-0.05, 0) is 25.0 Å². The largest absolute Gasteiger partial charge is 0.383 e. The van der Waals surface area contributed by atoms with Crippen LogP contribution in [0.4, 0.5) is 5.82 Å². The van der Waals surface area contributed by atoms with Crippen LogP contribution in [0.15, 0.2) is 61.2 Å². The van der Waals surface area contributed by atoms with E-state index >= 15 is 0 Å². The maximum absolute atomic E-state index is 11.1. The number of carbonyl (C=O) groups excluding carboxylic acids is 1. The Balaban J connectivity index is 0.000000157. The molecule has 4 aromatic rings. The third kappa shape index (κ3) is 5.53. The first kappa shape index (κ1) is 22.4. The normalized spacial score (nSPS) is 13.6. The second kappa shape index (κ2) is 10.2. The SMILES string of the molecule is Cn1cc(-c2cnc(N)c(C(N)=O)c2)cn1.c1cnc2c(COC3CCCC3)cccc2c1. The summed E-state index contributed by atoms with van der Waals surface area (Å²) >= 11 is 0. The Labute approximate surface area is 192 Å². The van der Waals surface area contributed by atoms with Crippen molar-refractivity contribution in [2.75, 3.05) is 5.73 Å². The predicted octanol–water partition coefficient (Wildman–Crippen LogP) is 3.86. The molecule has 1 aromatic carbocycles. The fourth-order valence-electron chi connectivity index (χ4n) is 3.95. The van der Waals surface area contributed by atoms with Crippen molar-refractivity contribution in [2.45, 2.75) is 38.4 Å². The molecule has 0 saturated heterocycles. The van der Waals surface area contributed by atoms with Gasteiger partial charge in [0.05, 0.1) is 30.0 Å². The summed E-state index contributed by atoms with van der Waals surface area (Å²) in [6.45, 7) is 0.693. The van der Waals surface area contributed by atoms with Crippen molar-refractivity contribution in [3.63, 3.8) is 0 Å². The number of aryl methyl sites for hydroxylation is 1. The van der Waals surface area contributed by atoms with Gasteiger partial charge in [0.15, 0.2) is 0 Å². The number of nitrogens with two attached hydrogens (primary N) is 2. The minimum absolute atomic E-state index is 0.139. The molecule has 1 fully saturated rings. The molecule has 170 valence electrons. The van der Waals surface area contributed by atoms with E-state index in [1.807, 2.05) is 25.5 Å². The van der Waals surface area contributed by atoms with Gasteiger partial charge in [0.1, 0.15) is 5.82 Å². The van der Waals surface area contributed by atoms with E-state index in [4.69, 9.17) is 16.2 Å². The third-order valence-corrected chi connectivity index (χ3v) is 5.72. The van der Waals surface area contributed by atoms with Gasteiger partial charge in [0.25, 0.3) is 5.91 Å². The quantitative estimate of drug-likeness (QED) is 0.482. The predicted molar refractivity (Wildman–Crippen MR) is 128 cm³/mol. The van der Waals surface area contributed by atoms with Crippen LogP contribution in [0.5, 0.6) is 0 Å². The Morgan fingerprint density at radius 1 is 1.12 bits per heavy atom. The Morgan fingerprint density at radius 3 is 2.64 bits per heavy atom. The van der Waals surface area contributed by atoms with Gasteiger partial charge in [0.2, 0.25) is 0 Å². The molecular weight excluding hydrogens is 416 g/mol. The number of anilines is 1. The van der Waals surface area contributed by atoms with Gasteiger partial charge < -0.3 is 16.2 Å². The van der Waals surface area contributed by atoms with Gasteiger partial charge in [-0.25, -0.2) is 4.98 Å². The van der Waals surface area contributed by atoms with E-state index in [1.54, 1.807) is 23.1 Å². The first-order chi connectivity index (χ1) is 16.0. The van der Waals surface area contributed by atoms with Crippen LogP contribution in [-0.2, 0) is 18.4 Å². The molecule has 3 heterocycles. The molecule has 1 amide bonds. The zero-order valence-corrected chi connectivity index (χ0v) is 18.6. The topological polar surface area (TPSA) is 122 Å². The molecule has 33 heavy (non-hydrogen) atoms. The van der Waals surface area contributed by atoms with Crippen molar-refractivity contribution in [1.82, 2.24) is 19.7 Å². The molecule has 0 aliphatic heterocycles. The summed E-state index contributed by atoms with van der Waals surface area (Å²) < 4.78 is 7.62. The molecule has 0 radical (unpaired) electrons. The van der Waals surface area contributed by atoms with Crippen LogP contribution >= 0.6 is 0 Å². The number of aromatic nitrogens is 4. The van der Waals surface area contributed by atoms with E-state index in [0.717, 1.165) is 16.6 Å². The minimum Gasteiger partial charge on any atom is -0.383 e. The highest BCUT2D eigenvalue weighted by molar-refractivity contribution is 5.98. The molecule has 1 saturated carbocycles. The first-order valence-corrected chi connectivity index (χ1v) is 11.0. The molecule has 3 aromatic heterocycles. The number of fused-ring (bicyclic) bond motifs is 1. The van der Waals surface area contributed by atoms with E-state index in [9.17, 15) is 4.79 Å². The number of para-hydroxylation sites is 1. The average Bonchev–Trinajstić information content (AvgIpc) is 3.50. The molecule has 0 atom stereocenters. The summed E-state index contributed by atoms with van der Waals surface area (Å²) in [5.74, 6) is -0.448. The lowest BCUT2D eigenvalue weighted by Gasteiger charge is -2.12. The highest BCUT2D eigenvalue weighted by Gasteiger charge is 2.15. The fraction of sp³-hybridized carbons (Fsp3) is 0.280. The standard InChI is InChI=1S/C15H17NO.C10H11N5O/c1-2-9-14(8-1)17-11-13-6-3-5-12-7-4-10-16-15(12)13;1-15-5-7(4-14-15)6-2-8(10(12)16)9(11)13-3-6/h3-7,10,14H,1-2,8-9,11H2;2-5H,1H3,(H2,11,13)(H2,12,16). The van der Waals surface area contributed by atoms with Gasteiger partial charge >= 0.3 is 0 Å². The lowest BCUT2D eigenvalue weighted by Crippen LogP contribution is -2.14. The molecule has 0 bridgehead atoms. The second-order valence-corrected chi connectivity index (χ2v) is 8.13. The number of hydrogen-bond donors (Lipinski definition) is 2. The molecule has 0 spiro atoms. The molecule has 1 aliphatic carbocycles. The van der Waals surface area contributed by atoms with Crippen molar-refractivity contribution in [2.24, 2.45) is 12.8 Å². The first-order valence-electron chi connectivity index (χ1n) is 11.0. The number of carbonyl (C=O) groups is 1. The van der Waals surface area contributed by atoms with Crippen molar-refractivity contribution in [3.05, 3.63) is 72.3 Å². The Kier molecular flexibility index (Phi) is 6.95. The molecule has 4 N–H and O–H groups in total. The lowest BCUT2D eigenvalue weighted by atomic mass is 10.1. The number of primary amides is 1. The number of benzene rings is 1. The molecule has 1 aliphatic rings. The summed E-state index contributed by atoms with van der Waals surface area (Å²) in [5.41, 5.74) is 14.9. The van der Waals surface area contributed by atoms with Crippen LogP contribution in [0.1, 0.15) is 41.6 Å². The summed E-state index contributed by atoms with van der Waals surface area (Å²) in [7, 11) is 1.81.